The van der Waals surface area contributed by atoms with Crippen molar-refractivity contribution in [1.82, 2.24) is 20.3 Å². The number of ketones is 1. The van der Waals surface area contributed by atoms with Gasteiger partial charge in [-0.3, -0.25) is 14.6 Å². The lowest BCUT2D eigenvalue weighted by Crippen LogP contribution is -2.63. The largest absolute Gasteiger partial charge is 0.458 e. The molecule has 0 aliphatic carbocycles. The van der Waals surface area contributed by atoms with Gasteiger partial charge in [-0.1, -0.05) is 45.9 Å². The summed E-state index contributed by atoms with van der Waals surface area (Å²) in [5.41, 5.74) is 10.2. The molecule has 1 amide bonds. The van der Waals surface area contributed by atoms with Gasteiger partial charge in [-0.25, -0.2) is 15.2 Å². The lowest BCUT2D eigenvalue weighted by molar-refractivity contribution is -0.295. The highest BCUT2D eigenvalue weighted by Gasteiger charge is 2.60. The van der Waals surface area contributed by atoms with Crippen LogP contribution in [0.5, 0.6) is 0 Å². The van der Waals surface area contributed by atoms with Crippen LogP contribution in [0.2, 0.25) is 0 Å². The number of benzene rings is 1. The van der Waals surface area contributed by atoms with Gasteiger partial charge in [0.25, 0.3) is 0 Å². The minimum atomic E-state index is -1.31. The molecule has 1 aromatic carbocycles. The molecule has 0 spiro atoms. The number of ether oxygens (including phenoxy) is 5. The number of Topliss-reactive ketones (excluding diaryl/α,β-unsaturated/α-hetero) is 1. The first-order chi connectivity index (χ1) is 26.9. The van der Waals surface area contributed by atoms with E-state index in [-0.39, 0.29) is 24.0 Å². The van der Waals surface area contributed by atoms with E-state index in [4.69, 9.17) is 29.4 Å². The summed E-state index contributed by atoms with van der Waals surface area (Å²) in [6.45, 7) is 15.2. The highest BCUT2D eigenvalue weighted by atomic mass is 16.7. The van der Waals surface area contributed by atoms with Crippen LogP contribution in [-0.2, 0) is 39.7 Å². The molecular formula is C43H67N5O9. The number of aliphatic hydroxyl groups excluding tert-OH is 1. The summed E-state index contributed by atoms with van der Waals surface area (Å²) in [5.74, 6) is -3.85. The van der Waals surface area contributed by atoms with Gasteiger partial charge in [-0.15, -0.1) is 0 Å². The number of hydrogen-bond donors (Lipinski definition) is 3. The second-order valence-corrected chi connectivity index (χ2v) is 17.4. The number of nitrogens with zero attached hydrogens (tertiary/aromatic N) is 3. The SMILES string of the molecule is CC[C@@H]1OC(=O)[C@H](C)C(=O)[C@H](C)[C@@H](O[C@@H]2O[C@H](C)C[C@H](N(C)C)[C@H]2O)[C@@](C)(OC)C[C@@H](C)C(N)[C@@H](C)[C@H]2N(NCCCc3ccnc4ccccc34)C(=O)O[C@]12C. The number of carbonyl (C=O) groups excluding carboxylic acids is 3. The molecule has 2 aromatic rings. The summed E-state index contributed by atoms with van der Waals surface area (Å²) in [6, 6.07) is 8.60. The Hall–Kier alpha value is -3.24. The number of aryl methyl sites for hydroxylation is 1. The molecule has 5 rings (SSSR count). The van der Waals surface area contributed by atoms with Crippen LogP contribution >= 0.6 is 0 Å². The van der Waals surface area contributed by atoms with Gasteiger partial charge in [0.1, 0.15) is 18.1 Å². The van der Waals surface area contributed by atoms with Crippen molar-refractivity contribution < 1.29 is 43.2 Å². The number of nitrogens with two attached hydrogens (primary N) is 1. The molecule has 4 heterocycles. The second-order valence-electron chi connectivity index (χ2n) is 17.4. The maximum Gasteiger partial charge on any atom is 0.425 e. The number of amides is 1. The lowest BCUT2D eigenvalue weighted by atomic mass is 9.72. The number of carbonyl (C=O) groups is 3. The van der Waals surface area contributed by atoms with Crippen molar-refractivity contribution in [3.05, 3.63) is 42.1 Å². The van der Waals surface area contributed by atoms with Crippen LogP contribution < -0.4 is 11.2 Å². The Kier molecular flexibility index (Phi) is 14.4. The van der Waals surface area contributed by atoms with Crippen molar-refractivity contribution in [3.63, 3.8) is 0 Å². The van der Waals surface area contributed by atoms with Crippen molar-refractivity contribution >= 4 is 28.7 Å². The molecule has 57 heavy (non-hydrogen) atoms. The molecule has 14 atom stereocenters. The Morgan fingerprint density at radius 1 is 1.09 bits per heavy atom. The number of rotatable bonds is 10. The van der Waals surface area contributed by atoms with E-state index < -0.39 is 77.6 Å². The zero-order chi connectivity index (χ0) is 42.0. The molecule has 0 bridgehead atoms. The van der Waals surface area contributed by atoms with Gasteiger partial charge in [-0.05, 0) is 103 Å². The summed E-state index contributed by atoms with van der Waals surface area (Å²) in [4.78, 5) is 48.6. The lowest BCUT2D eigenvalue weighted by Gasteiger charge is -2.48. The quantitative estimate of drug-likeness (QED) is 0.173. The molecule has 318 valence electrons. The van der Waals surface area contributed by atoms with Gasteiger partial charge < -0.3 is 39.4 Å². The third-order valence-corrected chi connectivity index (χ3v) is 13.1. The Morgan fingerprint density at radius 3 is 2.46 bits per heavy atom. The summed E-state index contributed by atoms with van der Waals surface area (Å²) in [7, 11) is 5.35. The highest BCUT2D eigenvalue weighted by Crippen LogP contribution is 2.43. The number of aromatic nitrogens is 1. The average Bonchev–Trinajstić information content (AvgIpc) is 3.45. The first-order valence-electron chi connectivity index (χ1n) is 20.7. The van der Waals surface area contributed by atoms with Crippen molar-refractivity contribution in [2.75, 3.05) is 27.7 Å². The number of para-hydroxylation sites is 1. The van der Waals surface area contributed by atoms with Crippen LogP contribution in [0.25, 0.3) is 10.9 Å². The number of likely N-dealkylation sites (N-methyl/N-ethyl adjacent to an activating group) is 1. The first-order valence-corrected chi connectivity index (χ1v) is 20.7. The number of cyclic esters (lactones) is 1. The molecule has 3 saturated heterocycles. The zero-order valence-corrected chi connectivity index (χ0v) is 35.8. The molecule has 3 aliphatic heterocycles. The van der Waals surface area contributed by atoms with Crippen LogP contribution in [0.1, 0.15) is 86.6 Å². The molecule has 0 saturated carbocycles. The molecule has 14 nitrogen and oxygen atoms in total. The maximum atomic E-state index is 14.3. The van der Waals surface area contributed by atoms with Gasteiger partial charge in [0.2, 0.25) is 0 Å². The van der Waals surface area contributed by atoms with Crippen molar-refractivity contribution in [1.29, 1.82) is 0 Å². The van der Waals surface area contributed by atoms with Crippen molar-refractivity contribution in [3.8, 4) is 0 Å². The van der Waals surface area contributed by atoms with Gasteiger partial charge in [-0.2, -0.15) is 0 Å². The van der Waals surface area contributed by atoms with Crippen LogP contribution in [0, 0.1) is 23.7 Å². The van der Waals surface area contributed by atoms with E-state index in [1.54, 1.807) is 21.0 Å². The van der Waals surface area contributed by atoms with E-state index in [0.29, 0.717) is 32.2 Å². The summed E-state index contributed by atoms with van der Waals surface area (Å²) < 4.78 is 31.5. The molecular weight excluding hydrogens is 730 g/mol. The van der Waals surface area contributed by atoms with E-state index in [2.05, 4.69) is 16.5 Å². The number of esters is 1. The second kappa shape index (κ2) is 18.4. The topological polar surface area (TPSA) is 175 Å². The number of fused-ring (bicyclic) bond motifs is 2. The fourth-order valence-corrected chi connectivity index (χ4v) is 9.61. The van der Waals surface area contributed by atoms with Crippen molar-refractivity contribution in [2.45, 2.75) is 148 Å². The van der Waals surface area contributed by atoms with E-state index in [1.807, 2.05) is 84.1 Å². The minimum absolute atomic E-state index is 0.227. The Bertz CT molecular complexity index is 1710. The summed E-state index contributed by atoms with van der Waals surface area (Å²) in [5, 5.41) is 14.1. The van der Waals surface area contributed by atoms with Crippen molar-refractivity contribution in [2.24, 2.45) is 29.4 Å². The van der Waals surface area contributed by atoms with Gasteiger partial charge in [0.15, 0.2) is 17.7 Å². The normalized spacial score (nSPS) is 38.5. The number of methoxy groups -OCH3 is 1. The first kappa shape index (κ1) is 44.9. The number of nitrogens with one attached hydrogen (secondary N) is 1. The molecule has 1 unspecified atom stereocenters. The third-order valence-electron chi connectivity index (χ3n) is 13.1. The molecule has 3 aliphatic rings. The van der Waals surface area contributed by atoms with E-state index in [1.165, 1.54) is 11.9 Å². The number of pyridine rings is 1. The van der Waals surface area contributed by atoms with Gasteiger partial charge in [0, 0.05) is 43.2 Å². The van der Waals surface area contributed by atoms with E-state index in [9.17, 15) is 19.5 Å². The molecule has 1 aromatic heterocycles. The predicted octanol–water partition coefficient (Wildman–Crippen LogP) is 4.63. The standard InChI is InChI=1S/C43H67N5O9/c1-12-33-43(8)37(48(41(52)57-43)46-20-15-16-29-19-21-45-31-18-14-13-17-30(29)31)26(4)34(44)24(2)23-42(7,53-11)38(27(5)35(49)28(6)39(51)55-33)56-40-36(50)32(47(9)10)22-25(3)54-40/h13-14,17-19,21,24-28,32-34,36-38,40,46,50H,12,15-16,20,22-23,44H2,1-11H3/t24-,25-,26-,27+,28-,32+,33+,34?,36-,37-,38-,40+,42+,43-/m1/s1. The molecule has 14 heteroatoms. The monoisotopic (exact) mass is 797 g/mol. The van der Waals surface area contributed by atoms with E-state index in [0.717, 1.165) is 22.9 Å². The fraction of sp³-hybridized carbons (Fsp3) is 0.721. The molecule has 4 N–H and O–H groups in total. The Balaban J connectivity index is 1.46. The predicted molar refractivity (Wildman–Crippen MR) is 216 cm³/mol. The van der Waals surface area contributed by atoms with E-state index >= 15 is 0 Å². The Morgan fingerprint density at radius 2 is 1.79 bits per heavy atom. The number of hydrazine groups is 1. The zero-order valence-electron chi connectivity index (χ0n) is 35.8. The maximum absolute atomic E-state index is 14.3. The number of aliphatic hydroxyl groups is 1. The van der Waals surface area contributed by atoms with Crippen LogP contribution in [0.15, 0.2) is 36.5 Å². The number of hydrogen-bond acceptors (Lipinski definition) is 13. The summed E-state index contributed by atoms with van der Waals surface area (Å²) >= 11 is 0. The minimum Gasteiger partial charge on any atom is -0.458 e. The average molecular weight is 798 g/mol. The van der Waals surface area contributed by atoms with Gasteiger partial charge in [0.05, 0.1) is 29.4 Å². The fourth-order valence-electron chi connectivity index (χ4n) is 9.61. The van der Waals surface area contributed by atoms with Gasteiger partial charge >= 0.3 is 12.1 Å². The third kappa shape index (κ3) is 9.17. The molecule has 3 fully saturated rings. The smallest absolute Gasteiger partial charge is 0.425 e. The Labute approximate surface area is 338 Å². The van der Waals surface area contributed by atoms with Crippen LogP contribution in [0.3, 0.4) is 0 Å². The van der Waals surface area contributed by atoms with Crippen LogP contribution in [0.4, 0.5) is 4.79 Å². The highest BCUT2D eigenvalue weighted by molar-refractivity contribution is 6.00. The summed E-state index contributed by atoms with van der Waals surface area (Å²) in [6.07, 6.45) is -0.208. The van der Waals surface area contributed by atoms with Crippen LogP contribution in [-0.4, -0.2) is 126 Å². The molecule has 0 radical (unpaired) electrons.